The Kier molecular flexibility index (Phi) is 5.44. The number of nitrogens with one attached hydrogen (secondary N) is 1. The van der Waals surface area contributed by atoms with E-state index in [1.54, 1.807) is 7.11 Å². The zero-order chi connectivity index (χ0) is 14.2. The summed E-state index contributed by atoms with van der Waals surface area (Å²) < 4.78 is 5.32. The van der Waals surface area contributed by atoms with E-state index in [0.29, 0.717) is 0 Å². The van der Waals surface area contributed by atoms with Gasteiger partial charge in [0.1, 0.15) is 5.75 Å². The standard InChI is InChI=1S/C17H22N2O/c1-19(14-15-8-4-3-5-9-15)13-12-18-16-10-6-7-11-17(16)20-2/h3-11,18H,12-14H2,1-2H3. The van der Waals surface area contributed by atoms with Crippen molar-refractivity contribution in [2.75, 3.05) is 32.6 Å². The van der Waals surface area contributed by atoms with Crippen molar-refractivity contribution in [1.82, 2.24) is 4.90 Å². The first-order chi connectivity index (χ1) is 9.79. The van der Waals surface area contributed by atoms with Crippen LogP contribution in [0.1, 0.15) is 5.56 Å². The van der Waals surface area contributed by atoms with E-state index < -0.39 is 0 Å². The molecule has 0 aromatic heterocycles. The molecule has 106 valence electrons. The zero-order valence-electron chi connectivity index (χ0n) is 12.2. The lowest BCUT2D eigenvalue weighted by Gasteiger charge is -2.18. The van der Waals surface area contributed by atoms with Gasteiger partial charge in [-0.05, 0) is 24.7 Å². The molecule has 0 unspecified atom stereocenters. The summed E-state index contributed by atoms with van der Waals surface area (Å²) >= 11 is 0. The van der Waals surface area contributed by atoms with Gasteiger partial charge in [0.05, 0.1) is 12.8 Å². The van der Waals surface area contributed by atoms with Crippen molar-refractivity contribution in [2.24, 2.45) is 0 Å². The van der Waals surface area contributed by atoms with Crippen LogP contribution in [0.15, 0.2) is 54.6 Å². The molecule has 0 aliphatic heterocycles. The number of hydrogen-bond acceptors (Lipinski definition) is 3. The van der Waals surface area contributed by atoms with E-state index in [9.17, 15) is 0 Å². The van der Waals surface area contributed by atoms with Gasteiger partial charge in [0.25, 0.3) is 0 Å². The van der Waals surface area contributed by atoms with Gasteiger partial charge in [-0.1, -0.05) is 42.5 Å². The number of likely N-dealkylation sites (N-methyl/N-ethyl adjacent to an activating group) is 1. The first-order valence-electron chi connectivity index (χ1n) is 6.89. The Morgan fingerprint density at radius 3 is 2.45 bits per heavy atom. The van der Waals surface area contributed by atoms with Crippen molar-refractivity contribution >= 4 is 5.69 Å². The molecule has 0 atom stereocenters. The largest absolute Gasteiger partial charge is 0.495 e. The van der Waals surface area contributed by atoms with Gasteiger partial charge < -0.3 is 15.0 Å². The topological polar surface area (TPSA) is 24.5 Å². The number of anilines is 1. The molecule has 0 aliphatic carbocycles. The number of rotatable bonds is 7. The van der Waals surface area contributed by atoms with Crippen molar-refractivity contribution in [3.63, 3.8) is 0 Å². The van der Waals surface area contributed by atoms with E-state index in [1.165, 1.54) is 5.56 Å². The predicted molar refractivity (Wildman–Crippen MR) is 84.3 cm³/mol. The lowest BCUT2D eigenvalue weighted by atomic mass is 10.2. The summed E-state index contributed by atoms with van der Waals surface area (Å²) in [5, 5.41) is 3.41. The Hall–Kier alpha value is -2.00. The first kappa shape index (κ1) is 14.4. The van der Waals surface area contributed by atoms with Gasteiger partial charge >= 0.3 is 0 Å². The van der Waals surface area contributed by atoms with Gasteiger partial charge in [-0.15, -0.1) is 0 Å². The fourth-order valence-electron chi connectivity index (χ4n) is 2.15. The molecule has 0 saturated heterocycles. The molecule has 0 aliphatic rings. The van der Waals surface area contributed by atoms with Crippen LogP contribution in [-0.4, -0.2) is 32.1 Å². The molecule has 3 nitrogen and oxygen atoms in total. The molecular weight excluding hydrogens is 248 g/mol. The zero-order valence-corrected chi connectivity index (χ0v) is 12.2. The molecule has 0 radical (unpaired) electrons. The Morgan fingerprint density at radius 2 is 1.70 bits per heavy atom. The van der Waals surface area contributed by atoms with E-state index in [0.717, 1.165) is 31.1 Å². The van der Waals surface area contributed by atoms with Crippen LogP contribution in [0.2, 0.25) is 0 Å². The molecular formula is C17H22N2O. The Morgan fingerprint density at radius 1 is 1.00 bits per heavy atom. The summed E-state index contributed by atoms with van der Waals surface area (Å²) in [5.74, 6) is 0.887. The van der Waals surface area contributed by atoms with Crippen molar-refractivity contribution in [2.45, 2.75) is 6.54 Å². The minimum atomic E-state index is 0.887. The number of nitrogens with zero attached hydrogens (tertiary/aromatic N) is 1. The Bertz CT molecular complexity index is 513. The first-order valence-corrected chi connectivity index (χ1v) is 6.89. The number of benzene rings is 2. The molecule has 0 amide bonds. The molecule has 2 aromatic carbocycles. The maximum absolute atomic E-state index is 5.32. The molecule has 0 saturated carbocycles. The highest BCUT2D eigenvalue weighted by Crippen LogP contribution is 2.22. The summed E-state index contributed by atoms with van der Waals surface area (Å²) in [4.78, 5) is 2.30. The van der Waals surface area contributed by atoms with Crippen LogP contribution >= 0.6 is 0 Å². The minimum absolute atomic E-state index is 0.887. The highest BCUT2D eigenvalue weighted by Gasteiger charge is 2.02. The smallest absolute Gasteiger partial charge is 0.141 e. The summed E-state index contributed by atoms with van der Waals surface area (Å²) in [6.45, 7) is 2.84. The SMILES string of the molecule is COc1ccccc1NCCN(C)Cc1ccccc1. The van der Waals surface area contributed by atoms with E-state index in [2.05, 4.69) is 41.5 Å². The molecule has 2 rings (SSSR count). The van der Waals surface area contributed by atoms with Crippen molar-refractivity contribution in [1.29, 1.82) is 0 Å². The average Bonchev–Trinajstić information content (AvgIpc) is 2.49. The molecule has 0 heterocycles. The predicted octanol–water partition coefficient (Wildman–Crippen LogP) is 3.24. The van der Waals surface area contributed by atoms with Gasteiger partial charge in [0.15, 0.2) is 0 Å². The van der Waals surface area contributed by atoms with E-state index >= 15 is 0 Å². The van der Waals surface area contributed by atoms with Gasteiger partial charge in [0, 0.05) is 19.6 Å². The van der Waals surface area contributed by atoms with Crippen LogP contribution in [0.4, 0.5) is 5.69 Å². The molecule has 0 spiro atoms. The fourth-order valence-corrected chi connectivity index (χ4v) is 2.15. The van der Waals surface area contributed by atoms with Gasteiger partial charge in [-0.25, -0.2) is 0 Å². The second-order valence-corrected chi connectivity index (χ2v) is 4.85. The quantitative estimate of drug-likeness (QED) is 0.836. The van der Waals surface area contributed by atoms with Gasteiger partial charge in [0.2, 0.25) is 0 Å². The molecule has 3 heteroatoms. The Labute approximate surface area is 121 Å². The molecule has 20 heavy (non-hydrogen) atoms. The van der Waals surface area contributed by atoms with E-state index in [-0.39, 0.29) is 0 Å². The summed E-state index contributed by atoms with van der Waals surface area (Å²) in [6.07, 6.45) is 0. The maximum Gasteiger partial charge on any atom is 0.141 e. The van der Waals surface area contributed by atoms with Crippen LogP contribution in [0.25, 0.3) is 0 Å². The molecule has 2 aromatic rings. The molecule has 0 bridgehead atoms. The third-order valence-corrected chi connectivity index (χ3v) is 3.21. The third-order valence-electron chi connectivity index (χ3n) is 3.21. The van der Waals surface area contributed by atoms with Crippen LogP contribution in [-0.2, 0) is 6.54 Å². The summed E-state index contributed by atoms with van der Waals surface area (Å²) in [5.41, 5.74) is 2.38. The van der Waals surface area contributed by atoms with Crippen molar-refractivity contribution < 1.29 is 4.74 Å². The monoisotopic (exact) mass is 270 g/mol. The van der Waals surface area contributed by atoms with E-state index in [4.69, 9.17) is 4.74 Å². The minimum Gasteiger partial charge on any atom is -0.495 e. The van der Waals surface area contributed by atoms with Gasteiger partial charge in [-0.2, -0.15) is 0 Å². The summed E-state index contributed by atoms with van der Waals surface area (Å²) in [7, 11) is 3.83. The van der Waals surface area contributed by atoms with Crippen LogP contribution in [0, 0.1) is 0 Å². The second-order valence-electron chi connectivity index (χ2n) is 4.85. The normalized spacial score (nSPS) is 10.6. The Balaban J connectivity index is 1.78. The van der Waals surface area contributed by atoms with E-state index in [1.807, 2.05) is 30.3 Å². The summed E-state index contributed by atoms with van der Waals surface area (Å²) in [6, 6.07) is 18.5. The van der Waals surface area contributed by atoms with Crippen molar-refractivity contribution in [3.8, 4) is 5.75 Å². The maximum atomic E-state index is 5.32. The lowest BCUT2D eigenvalue weighted by Crippen LogP contribution is -2.24. The molecule has 1 N–H and O–H groups in total. The second kappa shape index (κ2) is 7.56. The van der Waals surface area contributed by atoms with Crippen LogP contribution in [0.3, 0.4) is 0 Å². The number of methoxy groups -OCH3 is 1. The lowest BCUT2D eigenvalue weighted by molar-refractivity contribution is 0.339. The number of ether oxygens (including phenoxy) is 1. The highest BCUT2D eigenvalue weighted by atomic mass is 16.5. The van der Waals surface area contributed by atoms with Gasteiger partial charge in [-0.3, -0.25) is 0 Å². The third kappa shape index (κ3) is 4.28. The molecule has 0 fully saturated rings. The fraction of sp³-hybridized carbons (Fsp3) is 0.294. The number of para-hydroxylation sites is 2. The number of hydrogen-bond donors (Lipinski definition) is 1. The van der Waals surface area contributed by atoms with Crippen LogP contribution in [0.5, 0.6) is 5.75 Å². The average molecular weight is 270 g/mol. The van der Waals surface area contributed by atoms with Crippen LogP contribution < -0.4 is 10.1 Å². The highest BCUT2D eigenvalue weighted by molar-refractivity contribution is 5.56. The van der Waals surface area contributed by atoms with Crippen molar-refractivity contribution in [3.05, 3.63) is 60.2 Å².